The molecule has 0 radical (unpaired) electrons. The molecule has 2 saturated carbocycles. The van der Waals surface area contributed by atoms with E-state index in [1.165, 1.54) is 16.8 Å². The highest BCUT2D eigenvalue weighted by molar-refractivity contribution is 7.92. The lowest BCUT2D eigenvalue weighted by atomic mass is 9.87. The van der Waals surface area contributed by atoms with Crippen LogP contribution < -0.4 is 5.32 Å². The molecule has 2 N–H and O–H groups in total. The molecule has 2 aliphatic rings. The molecule has 0 spiro atoms. The highest BCUT2D eigenvalue weighted by atomic mass is 32.2. The molecule has 7 nitrogen and oxygen atoms in total. The van der Waals surface area contributed by atoms with Crippen molar-refractivity contribution < 1.29 is 27.1 Å². The van der Waals surface area contributed by atoms with Crippen molar-refractivity contribution in [1.82, 2.24) is 9.78 Å². The second-order valence-corrected chi connectivity index (χ2v) is 10.9. The lowest BCUT2D eigenvalue weighted by Gasteiger charge is -2.20. The molecule has 1 aromatic heterocycles. The number of aliphatic hydroxyl groups is 1. The third-order valence-electron chi connectivity index (χ3n) is 6.19. The summed E-state index contributed by atoms with van der Waals surface area (Å²) in [6, 6.07) is 7.83. The van der Waals surface area contributed by atoms with Crippen LogP contribution in [0, 0.1) is 5.92 Å². The van der Waals surface area contributed by atoms with Crippen molar-refractivity contribution in [2.24, 2.45) is 5.92 Å². The molecule has 1 aromatic carbocycles. The first-order valence-corrected chi connectivity index (χ1v) is 12.4. The van der Waals surface area contributed by atoms with Crippen molar-refractivity contribution in [3.63, 3.8) is 0 Å². The number of halogens is 2. The Morgan fingerprint density at radius 1 is 1.16 bits per heavy atom. The average molecular weight is 468 g/mol. The number of benzene rings is 1. The average Bonchev–Trinajstić information content (AvgIpc) is 3.47. The van der Waals surface area contributed by atoms with Gasteiger partial charge >= 0.3 is 0 Å². The predicted molar refractivity (Wildman–Crippen MR) is 114 cm³/mol. The fourth-order valence-electron chi connectivity index (χ4n) is 4.28. The van der Waals surface area contributed by atoms with Gasteiger partial charge in [0.15, 0.2) is 15.7 Å². The van der Waals surface area contributed by atoms with Gasteiger partial charge in [-0.15, -0.1) is 0 Å². The second-order valence-electron chi connectivity index (χ2n) is 8.65. The van der Waals surface area contributed by atoms with E-state index in [1.54, 1.807) is 24.4 Å². The lowest BCUT2D eigenvalue weighted by molar-refractivity contribution is -0.118. The molecule has 2 aliphatic carbocycles. The summed E-state index contributed by atoms with van der Waals surface area (Å²) in [5, 5.41) is 15.6. The number of aliphatic hydroxyl groups excluding tert-OH is 1. The maximum absolute atomic E-state index is 13.7. The molecule has 4 atom stereocenters. The Labute approximate surface area is 185 Å². The largest absolute Gasteiger partial charge is 0.394 e. The monoisotopic (exact) mass is 467 g/mol. The number of nitrogens with zero attached hydrogens (tertiary/aromatic N) is 2. The number of alkyl halides is 2. The van der Waals surface area contributed by atoms with Gasteiger partial charge in [-0.05, 0) is 55.7 Å². The maximum Gasteiger partial charge on any atom is 0.233 e. The van der Waals surface area contributed by atoms with Gasteiger partial charge in [-0.2, -0.15) is 5.10 Å². The number of hydrogen-bond donors (Lipinski definition) is 2. The van der Waals surface area contributed by atoms with E-state index in [1.807, 2.05) is 0 Å². The summed E-state index contributed by atoms with van der Waals surface area (Å²) in [6.07, 6.45) is 0.264. The Balaban J connectivity index is 1.54. The van der Waals surface area contributed by atoms with E-state index in [9.17, 15) is 22.0 Å². The van der Waals surface area contributed by atoms with Crippen LogP contribution in [0.15, 0.2) is 41.4 Å². The summed E-state index contributed by atoms with van der Waals surface area (Å²) >= 11 is 0. The van der Waals surface area contributed by atoms with Crippen LogP contribution in [0.1, 0.15) is 43.6 Å². The van der Waals surface area contributed by atoms with Gasteiger partial charge in [0.05, 0.1) is 29.2 Å². The van der Waals surface area contributed by atoms with Gasteiger partial charge in [0.2, 0.25) is 5.91 Å². The maximum atomic E-state index is 13.7. The van der Waals surface area contributed by atoms with Crippen LogP contribution in [0.2, 0.25) is 0 Å². The third-order valence-corrected chi connectivity index (χ3v) is 8.47. The van der Waals surface area contributed by atoms with Crippen molar-refractivity contribution in [3.8, 4) is 0 Å². The van der Waals surface area contributed by atoms with Crippen molar-refractivity contribution in [2.45, 2.75) is 67.1 Å². The molecule has 2 fully saturated rings. The zero-order chi connectivity index (χ0) is 22.9. The van der Waals surface area contributed by atoms with E-state index in [-0.39, 0.29) is 54.4 Å². The summed E-state index contributed by atoms with van der Waals surface area (Å²) in [5.41, 5.74) is 0.588. The van der Waals surface area contributed by atoms with Gasteiger partial charge in [0.1, 0.15) is 12.3 Å². The van der Waals surface area contributed by atoms with Gasteiger partial charge in [0.25, 0.3) is 0 Å². The first-order chi connectivity index (χ1) is 15.3. The first-order valence-electron chi connectivity index (χ1n) is 10.8. The molecule has 1 heterocycles. The Bertz CT molecular complexity index is 1040. The predicted octanol–water partition coefficient (Wildman–Crippen LogP) is 3.01. The van der Waals surface area contributed by atoms with Gasteiger partial charge in [-0.3, -0.25) is 9.48 Å². The highest BCUT2D eigenvalue weighted by Crippen LogP contribution is 2.39. The molecule has 0 aliphatic heterocycles. The molecular weight excluding hydrogens is 440 g/mol. The Kier molecular flexibility index (Phi) is 6.62. The lowest BCUT2D eigenvalue weighted by Crippen LogP contribution is -2.24. The van der Waals surface area contributed by atoms with E-state index >= 15 is 0 Å². The van der Waals surface area contributed by atoms with Crippen LogP contribution in [0.5, 0.6) is 0 Å². The number of amides is 1. The molecule has 0 saturated heterocycles. The van der Waals surface area contributed by atoms with Crippen molar-refractivity contribution >= 4 is 21.6 Å². The van der Waals surface area contributed by atoms with Crippen LogP contribution in [0.4, 0.5) is 14.6 Å². The van der Waals surface area contributed by atoms with Gasteiger partial charge in [-0.1, -0.05) is 12.1 Å². The summed E-state index contributed by atoms with van der Waals surface area (Å²) in [4.78, 5) is 13.3. The quantitative estimate of drug-likeness (QED) is 0.590. The van der Waals surface area contributed by atoms with Crippen molar-refractivity contribution in [1.29, 1.82) is 0 Å². The van der Waals surface area contributed by atoms with Crippen LogP contribution in [-0.2, 0) is 21.2 Å². The number of aromatic nitrogens is 2. The molecule has 32 heavy (non-hydrogen) atoms. The van der Waals surface area contributed by atoms with E-state index in [0.717, 1.165) is 0 Å². The van der Waals surface area contributed by atoms with E-state index in [2.05, 4.69) is 10.4 Å². The number of rotatable bonds is 9. The zero-order valence-corrected chi connectivity index (χ0v) is 18.3. The molecular formula is C22H27F2N3O4S. The van der Waals surface area contributed by atoms with Crippen LogP contribution >= 0.6 is 0 Å². The van der Waals surface area contributed by atoms with Gasteiger partial charge in [-0.25, -0.2) is 17.2 Å². The number of sulfone groups is 1. The SMILES string of the molecule is O=C(Nc1ccn(CCO)n1)[C@H](C[C@H]1C[C@@H](F)[C@@H](F)C1)c1ccc(S(=O)(=O)C2CC2)cc1. The minimum atomic E-state index is -3.35. The first kappa shape index (κ1) is 22.8. The van der Waals surface area contributed by atoms with Crippen LogP contribution in [-0.4, -0.2) is 53.4 Å². The zero-order valence-electron chi connectivity index (χ0n) is 17.5. The fraction of sp³-hybridized carbons (Fsp3) is 0.545. The molecule has 2 aromatic rings. The minimum absolute atomic E-state index is 0.0597. The molecule has 4 rings (SSSR count). The normalized spacial score (nSPS) is 24.4. The standard InChI is InChI=1S/C22H27F2N3O4S/c23-19-12-14(13-20(19)24)11-18(22(29)25-21-7-8-27(26-21)9-10-28)15-1-3-16(4-2-15)32(30,31)17-5-6-17/h1-4,7-8,14,17-20,28H,5-6,9-13H2,(H,25,26,29)/t14-,18-,19+,20-/m1/s1. The second kappa shape index (κ2) is 9.27. The molecule has 0 unspecified atom stereocenters. The minimum Gasteiger partial charge on any atom is -0.394 e. The van der Waals surface area contributed by atoms with E-state index in [0.29, 0.717) is 24.2 Å². The Morgan fingerprint density at radius 2 is 1.81 bits per heavy atom. The third kappa shape index (κ3) is 5.01. The molecule has 0 bridgehead atoms. The van der Waals surface area contributed by atoms with Gasteiger partial charge < -0.3 is 10.4 Å². The van der Waals surface area contributed by atoms with E-state index in [4.69, 9.17) is 5.11 Å². The van der Waals surface area contributed by atoms with Crippen LogP contribution in [0.25, 0.3) is 0 Å². The van der Waals surface area contributed by atoms with Crippen molar-refractivity contribution in [2.75, 3.05) is 11.9 Å². The number of hydrogen-bond acceptors (Lipinski definition) is 5. The highest BCUT2D eigenvalue weighted by Gasteiger charge is 2.38. The number of nitrogens with one attached hydrogen (secondary N) is 1. The van der Waals surface area contributed by atoms with E-state index < -0.39 is 28.1 Å². The summed E-state index contributed by atoms with van der Waals surface area (Å²) in [7, 11) is -3.35. The topological polar surface area (TPSA) is 101 Å². The summed E-state index contributed by atoms with van der Waals surface area (Å²) < 4.78 is 53.9. The van der Waals surface area contributed by atoms with Gasteiger partial charge in [0, 0.05) is 12.3 Å². The molecule has 10 heteroatoms. The van der Waals surface area contributed by atoms with Crippen LogP contribution in [0.3, 0.4) is 0 Å². The summed E-state index contributed by atoms with van der Waals surface area (Å²) in [6.45, 7) is 0.193. The summed E-state index contributed by atoms with van der Waals surface area (Å²) in [5.74, 6) is -1.08. The van der Waals surface area contributed by atoms with Crippen molar-refractivity contribution in [3.05, 3.63) is 42.1 Å². The molecule has 1 amide bonds. The Morgan fingerprint density at radius 3 is 2.41 bits per heavy atom. The molecule has 174 valence electrons. The number of anilines is 1. The Hall–Kier alpha value is -2.33. The smallest absolute Gasteiger partial charge is 0.233 e. The number of carbonyl (C=O) groups is 1. The number of carbonyl (C=O) groups excluding carboxylic acids is 1. The fourth-order valence-corrected chi connectivity index (χ4v) is 5.94.